The van der Waals surface area contributed by atoms with Gasteiger partial charge in [0.1, 0.15) is 0 Å². The fraction of sp³-hybridized carbons (Fsp3) is 1.00. The first-order valence-corrected chi connectivity index (χ1v) is 3.66. The first-order chi connectivity index (χ1) is 4.05. The second kappa shape index (κ2) is 1.98. The van der Waals surface area contributed by atoms with Gasteiger partial charge in [-0.2, -0.15) is 0 Å². The molecule has 0 aromatic rings. The van der Waals surface area contributed by atoms with Crippen LogP contribution in [0.3, 0.4) is 0 Å². The smallest absolute Gasteiger partial charge is 0.0601 e. The van der Waals surface area contributed by atoms with E-state index in [1.807, 2.05) is 0 Å². The molecule has 0 radical (unpaired) electrons. The minimum absolute atomic E-state index is 0.389. The van der Waals surface area contributed by atoms with Gasteiger partial charge in [0.15, 0.2) is 0 Å². The Morgan fingerprint density at radius 3 is 2.00 bits per heavy atom. The van der Waals surface area contributed by atoms with E-state index in [1.165, 1.54) is 0 Å². The average molecular weight is 128 g/mol. The van der Waals surface area contributed by atoms with E-state index in [2.05, 4.69) is 27.7 Å². The molecule has 0 saturated carbocycles. The molecule has 54 valence electrons. The summed E-state index contributed by atoms with van der Waals surface area (Å²) in [5.41, 5.74) is 0.389. The molecule has 9 heavy (non-hydrogen) atoms. The van der Waals surface area contributed by atoms with Crippen LogP contribution < -0.4 is 0 Å². The predicted molar refractivity (Wildman–Crippen MR) is 38.4 cm³/mol. The average Bonchev–Trinajstić information content (AvgIpc) is 1.96. The quantitative estimate of drug-likeness (QED) is 0.485. The summed E-state index contributed by atoms with van der Waals surface area (Å²) in [7, 11) is 0. The minimum Gasteiger partial charge on any atom is -0.378 e. The molecule has 1 heterocycles. The van der Waals surface area contributed by atoms with Crippen molar-refractivity contribution < 1.29 is 4.74 Å². The molecule has 1 rings (SSSR count). The number of hydrogen-bond acceptors (Lipinski definition) is 1. The normalized spacial score (nSPS) is 41.3. The molecule has 1 saturated heterocycles. The van der Waals surface area contributed by atoms with Gasteiger partial charge in [-0.3, -0.25) is 0 Å². The molecule has 1 heteroatoms. The zero-order valence-corrected chi connectivity index (χ0v) is 6.77. The Balaban J connectivity index is 2.66. The van der Waals surface area contributed by atoms with E-state index < -0.39 is 0 Å². The third-order valence-corrected chi connectivity index (χ3v) is 2.91. The van der Waals surface area contributed by atoms with Gasteiger partial charge in [-0.25, -0.2) is 0 Å². The Labute approximate surface area is 57.4 Å². The second-order valence-electron chi connectivity index (χ2n) is 3.70. The van der Waals surface area contributed by atoms with Gasteiger partial charge < -0.3 is 4.74 Å². The van der Waals surface area contributed by atoms with Gasteiger partial charge >= 0.3 is 0 Å². The van der Waals surface area contributed by atoms with E-state index >= 15 is 0 Å². The Kier molecular flexibility index (Phi) is 1.55. The fourth-order valence-electron chi connectivity index (χ4n) is 1.12. The Morgan fingerprint density at radius 1 is 1.33 bits per heavy atom. The lowest BCUT2D eigenvalue weighted by Gasteiger charge is -2.25. The highest BCUT2D eigenvalue weighted by atomic mass is 16.5. The first kappa shape index (κ1) is 7.07. The van der Waals surface area contributed by atoms with Crippen LogP contribution in [0.5, 0.6) is 0 Å². The molecule has 0 bridgehead atoms. The Morgan fingerprint density at radius 2 is 1.89 bits per heavy atom. The summed E-state index contributed by atoms with van der Waals surface area (Å²) >= 11 is 0. The fourth-order valence-corrected chi connectivity index (χ4v) is 1.12. The van der Waals surface area contributed by atoms with Crippen molar-refractivity contribution in [3.05, 3.63) is 0 Å². The molecule has 2 atom stereocenters. The minimum atomic E-state index is 0.389. The van der Waals surface area contributed by atoms with Crippen molar-refractivity contribution in [2.75, 3.05) is 6.61 Å². The molecule has 0 aromatic carbocycles. The van der Waals surface area contributed by atoms with Gasteiger partial charge in [-0.05, 0) is 18.3 Å². The van der Waals surface area contributed by atoms with Gasteiger partial charge in [0, 0.05) is 0 Å². The molecular formula is C8H16O. The summed E-state index contributed by atoms with van der Waals surface area (Å²) in [6.07, 6.45) is 0.437. The summed E-state index contributed by atoms with van der Waals surface area (Å²) in [6, 6.07) is 0. The standard InChI is InChI=1S/C8H16O/c1-6-5-9-7(2)8(6,3)4/h6-7H,5H2,1-4H3. The van der Waals surface area contributed by atoms with Gasteiger partial charge in [-0.15, -0.1) is 0 Å². The molecule has 1 fully saturated rings. The molecule has 0 amide bonds. The van der Waals surface area contributed by atoms with Crippen molar-refractivity contribution >= 4 is 0 Å². The zero-order chi connectivity index (χ0) is 7.07. The lowest BCUT2D eigenvalue weighted by atomic mass is 9.79. The number of hydrogen-bond donors (Lipinski definition) is 0. The van der Waals surface area contributed by atoms with E-state index in [9.17, 15) is 0 Å². The third kappa shape index (κ3) is 0.983. The largest absolute Gasteiger partial charge is 0.378 e. The zero-order valence-electron chi connectivity index (χ0n) is 6.77. The summed E-state index contributed by atoms with van der Waals surface area (Å²) in [4.78, 5) is 0. The van der Waals surface area contributed by atoms with Crippen molar-refractivity contribution in [2.45, 2.75) is 33.8 Å². The summed E-state index contributed by atoms with van der Waals surface area (Å²) in [5.74, 6) is 0.715. The van der Waals surface area contributed by atoms with Crippen LogP contribution in [-0.4, -0.2) is 12.7 Å². The molecule has 2 unspecified atom stereocenters. The van der Waals surface area contributed by atoms with Crippen LogP contribution in [0.4, 0.5) is 0 Å². The van der Waals surface area contributed by atoms with E-state index in [0.29, 0.717) is 17.4 Å². The first-order valence-electron chi connectivity index (χ1n) is 3.66. The van der Waals surface area contributed by atoms with Crippen LogP contribution in [0.25, 0.3) is 0 Å². The molecule has 1 nitrogen and oxygen atoms in total. The number of rotatable bonds is 0. The highest BCUT2D eigenvalue weighted by Gasteiger charge is 2.38. The lowest BCUT2D eigenvalue weighted by molar-refractivity contribution is 0.0793. The number of ether oxygens (including phenoxy) is 1. The van der Waals surface area contributed by atoms with Gasteiger partial charge in [0.25, 0.3) is 0 Å². The Hall–Kier alpha value is -0.0400. The summed E-state index contributed by atoms with van der Waals surface area (Å²) in [6.45, 7) is 9.89. The molecule has 0 spiro atoms. The van der Waals surface area contributed by atoms with Gasteiger partial charge in [0.2, 0.25) is 0 Å². The monoisotopic (exact) mass is 128 g/mol. The van der Waals surface area contributed by atoms with Crippen LogP contribution in [0, 0.1) is 11.3 Å². The van der Waals surface area contributed by atoms with Crippen molar-refractivity contribution in [3.8, 4) is 0 Å². The maximum atomic E-state index is 5.48. The predicted octanol–water partition coefficient (Wildman–Crippen LogP) is 2.07. The summed E-state index contributed by atoms with van der Waals surface area (Å²) < 4.78 is 5.48. The highest BCUT2D eigenvalue weighted by molar-refractivity contribution is 4.86. The summed E-state index contributed by atoms with van der Waals surface area (Å²) in [5, 5.41) is 0. The molecular weight excluding hydrogens is 112 g/mol. The SMILES string of the molecule is CC1COC(C)C1(C)C. The van der Waals surface area contributed by atoms with E-state index in [1.54, 1.807) is 0 Å². The second-order valence-corrected chi connectivity index (χ2v) is 3.70. The van der Waals surface area contributed by atoms with Crippen molar-refractivity contribution in [3.63, 3.8) is 0 Å². The van der Waals surface area contributed by atoms with Crippen LogP contribution >= 0.6 is 0 Å². The van der Waals surface area contributed by atoms with Crippen molar-refractivity contribution in [1.29, 1.82) is 0 Å². The maximum absolute atomic E-state index is 5.48. The Bertz CT molecular complexity index is 95.1. The highest BCUT2D eigenvalue weighted by Crippen LogP contribution is 2.38. The topological polar surface area (TPSA) is 9.23 Å². The van der Waals surface area contributed by atoms with E-state index in [-0.39, 0.29) is 0 Å². The van der Waals surface area contributed by atoms with Crippen LogP contribution in [0.2, 0.25) is 0 Å². The van der Waals surface area contributed by atoms with Crippen LogP contribution in [0.15, 0.2) is 0 Å². The maximum Gasteiger partial charge on any atom is 0.0601 e. The van der Waals surface area contributed by atoms with Crippen LogP contribution in [-0.2, 0) is 4.74 Å². The molecule has 0 aliphatic carbocycles. The van der Waals surface area contributed by atoms with Gasteiger partial charge in [-0.1, -0.05) is 20.8 Å². The van der Waals surface area contributed by atoms with E-state index in [0.717, 1.165) is 6.61 Å². The molecule has 0 aromatic heterocycles. The van der Waals surface area contributed by atoms with Crippen molar-refractivity contribution in [1.82, 2.24) is 0 Å². The van der Waals surface area contributed by atoms with Crippen molar-refractivity contribution in [2.24, 2.45) is 11.3 Å². The van der Waals surface area contributed by atoms with Crippen LogP contribution in [0.1, 0.15) is 27.7 Å². The third-order valence-electron chi connectivity index (χ3n) is 2.91. The molecule has 1 aliphatic heterocycles. The lowest BCUT2D eigenvalue weighted by Crippen LogP contribution is -2.25. The van der Waals surface area contributed by atoms with Gasteiger partial charge in [0.05, 0.1) is 12.7 Å². The molecule has 0 N–H and O–H groups in total. The molecule has 1 aliphatic rings. The van der Waals surface area contributed by atoms with E-state index in [4.69, 9.17) is 4.74 Å².